The summed E-state index contributed by atoms with van der Waals surface area (Å²) in [5.74, 6) is 0.105. The van der Waals surface area contributed by atoms with Crippen molar-refractivity contribution in [1.82, 2.24) is 5.32 Å². The fraction of sp³-hybridized carbons (Fsp3) is 0.882. The first-order valence-corrected chi connectivity index (χ1v) is 8.68. The molecule has 5 nitrogen and oxygen atoms in total. The van der Waals surface area contributed by atoms with Crippen molar-refractivity contribution in [2.24, 2.45) is 5.92 Å². The van der Waals surface area contributed by atoms with Gasteiger partial charge in [-0.25, -0.2) is 0 Å². The summed E-state index contributed by atoms with van der Waals surface area (Å²) in [6.07, 6.45) is 7.07. The second-order valence-electron chi connectivity index (χ2n) is 5.99. The number of esters is 2. The van der Waals surface area contributed by atoms with Gasteiger partial charge in [0.2, 0.25) is 0 Å². The molecule has 1 aliphatic carbocycles. The molecule has 1 fully saturated rings. The minimum Gasteiger partial charge on any atom is -0.466 e. The molecule has 0 aromatic rings. The molecule has 22 heavy (non-hydrogen) atoms. The van der Waals surface area contributed by atoms with Gasteiger partial charge in [0.05, 0.1) is 19.6 Å². The molecule has 0 spiro atoms. The number of hydrogen-bond acceptors (Lipinski definition) is 5. The van der Waals surface area contributed by atoms with Crippen LogP contribution in [0.3, 0.4) is 0 Å². The zero-order valence-electron chi connectivity index (χ0n) is 14.2. The Bertz CT molecular complexity index is 338. The number of carbonyl (C=O) groups excluding carboxylic acids is 2. The molecule has 1 aliphatic rings. The molecule has 5 heteroatoms. The number of carbonyl (C=O) groups is 2. The molecule has 1 N–H and O–H groups in total. The van der Waals surface area contributed by atoms with Gasteiger partial charge < -0.3 is 14.8 Å². The molecule has 0 saturated heterocycles. The molecule has 1 unspecified atom stereocenters. The van der Waals surface area contributed by atoms with Gasteiger partial charge in [0.1, 0.15) is 6.04 Å². The number of rotatable bonds is 9. The monoisotopic (exact) mass is 313 g/mol. The Labute approximate surface area is 134 Å². The zero-order chi connectivity index (χ0) is 16.4. The number of hydrogen-bond donors (Lipinski definition) is 1. The summed E-state index contributed by atoms with van der Waals surface area (Å²) < 4.78 is 10.0. The van der Waals surface area contributed by atoms with Crippen LogP contribution in [0.2, 0.25) is 0 Å². The Morgan fingerprint density at radius 2 is 1.68 bits per heavy atom. The average molecular weight is 313 g/mol. The maximum atomic E-state index is 12.0. The fourth-order valence-corrected chi connectivity index (χ4v) is 3.15. The van der Waals surface area contributed by atoms with Gasteiger partial charge in [0.15, 0.2) is 0 Å². The van der Waals surface area contributed by atoms with Crippen LogP contribution >= 0.6 is 0 Å². The molecule has 0 aromatic heterocycles. The van der Waals surface area contributed by atoms with Crippen LogP contribution in [0.4, 0.5) is 0 Å². The molecule has 128 valence electrons. The van der Waals surface area contributed by atoms with Crippen LogP contribution in [0.1, 0.15) is 65.7 Å². The summed E-state index contributed by atoms with van der Waals surface area (Å²) >= 11 is 0. The maximum Gasteiger partial charge on any atom is 0.323 e. The van der Waals surface area contributed by atoms with Crippen molar-refractivity contribution in [2.45, 2.75) is 77.8 Å². The van der Waals surface area contributed by atoms with Crippen LogP contribution in [0.25, 0.3) is 0 Å². The summed E-state index contributed by atoms with van der Waals surface area (Å²) in [7, 11) is 0. The average Bonchev–Trinajstić information content (AvgIpc) is 2.49. The molecule has 0 amide bonds. The first kappa shape index (κ1) is 18.9. The Morgan fingerprint density at radius 3 is 2.23 bits per heavy atom. The van der Waals surface area contributed by atoms with E-state index in [1.54, 1.807) is 13.8 Å². The van der Waals surface area contributed by atoms with Crippen LogP contribution < -0.4 is 5.32 Å². The predicted octanol–water partition coefficient (Wildman–Crippen LogP) is 2.82. The van der Waals surface area contributed by atoms with Crippen molar-refractivity contribution >= 4 is 11.9 Å². The third-order valence-electron chi connectivity index (χ3n) is 4.23. The predicted molar refractivity (Wildman–Crippen MR) is 85.5 cm³/mol. The SMILES string of the molecule is CCCC1CCC(NC(CC(=O)OCC)C(=O)OCC)CC1. The van der Waals surface area contributed by atoms with E-state index in [0.717, 1.165) is 18.8 Å². The second-order valence-corrected chi connectivity index (χ2v) is 5.99. The fourth-order valence-electron chi connectivity index (χ4n) is 3.15. The Kier molecular flexibility index (Phi) is 9.13. The normalized spacial score (nSPS) is 22.9. The van der Waals surface area contributed by atoms with Gasteiger partial charge in [-0.15, -0.1) is 0 Å². The van der Waals surface area contributed by atoms with E-state index >= 15 is 0 Å². The molecule has 1 atom stereocenters. The number of nitrogens with one attached hydrogen (secondary N) is 1. The minimum absolute atomic E-state index is 0.0432. The first-order valence-electron chi connectivity index (χ1n) is 8.68. The maximum absolute atomic E-state index is 12.0. The first-order chi connectivity index (χ1) is 10.6. The lowest BCUT2D eigenvalue weighted by molar-refractivity contribution is -0.152. The van der Waals surface area contributed by atoms with E-state index in [-0.39, 0.29) is 24.4 Å². The highest BCUT2D eigenvalue weighted by atomic mass is 16.5. The Balaban J connectivity index is 2.50. The van der Waals surface area contributed by atoms with Crippen LogP contribution in [0.5, 0.6) is 0 Å². The molecule has 0 aliphatic heterocycles. The molecular formula is C17H31NO4. The molecule has 1 rings (SSSR count). The van der Waals surface area contributed by atoms with Gasteiger partial charge in [-0.3, -0.25) is 9.59 Å². The lowest BCUT2D eigenvalue weighted by atomic mass is 9.83. The minimum atomic E-state index is -0.591. The third-order valence-corrected chi connectivity index (χ3v) is 4.23. The van der Waals surface area contributed by atoms with E-state index in [1.165, 1.54) is 25.7 Å². The highest BCUT2D eigenvalue weighted by Gasteiger charge is 2.28. The standard InChI is InChI=1S/C17H31NO4/c1-4-7-13-8-10-14(11-9-13)18-15(17(20)22-6-3)12-16(19)21-5-2/h13-15,18H,4-12H2,1-3H3. The van der Waals surface area contributed by atoms with Gasteiger partial charge in [0.25, 0.3) is 0 Å². The lowest BCUT2D eigenvalue weighted by Gasteiger charge is -2.31. The van der Waals surface area contributed by atoms with Gasteiger partial charge in [-0.2, -0.15) is 0 Å². The van der Waals surface area contributed by atoms with Crippen molar-refractivity contribution in [3.8, 4) is 0 Å². The Morgan fingerprint density at radius 1 is 1.05 bits per heavy atom. The third kappa shape index (κ3) is 6.77. The lowest BCUT2D eigenvalue weighted by Crippen LogP contribution is -2.46. The van der Waals surface area contributed by atoms with E-state index in [9.17, 15) is 9.59 Å². The van der Waals surface area contributed by atoms with E-state index in [2.05, 4.69) is 12.2 Å². The topological polar surface area (TPSA) is 64.6 Å². The van der Waals surface area contributed by atoms with Crippen LogP contribution in [0.15, 0.2) is 0 Å². The zero-order valence-corrected chi connectivity index (χ0v) is 14.2. The summed E-state index contributed by atoms with van der Waals surface area (Å²) in [6, 6.07) is -0.302. The van der Waals surface area contributed by atoms with Gasteiger partial charge in [0, 0.05) is 6.04 Å². The van der Waals surface area contributed by atoms with Crippen molar-refractivity contribution in [1.29, 1.82) is 0 Å². The second kappa shape index (κ2) is 10.6. The highest BCUT2D eigenvalue weighted by molar-refractivity contribution is 5.82. The van der Waals surface area contributed by atoms with Gasteiger partial charge >= 0.3 is 11.9 Å². The van der Waals surface area contributed by atoms with E-state index in [4.69, 9.17) is 9.47 Å². The Hall–Kier alpha value is -1.10. The van der Waals surface area contributed by atoms with Crippen molar-refractivity contribution in [3.05, 3.63) is 0 Å². The molecule has 0 aromatic carbocycles. The number of ether oxygens (including phenoxy) is 2. The van der Waals surface area contributed by atoms with Crippen LogP contribution in [0, 0.1) is 5.92 Å². The van der Waals surface area contributed by atoms with Crippen molar-refractivity contribution in [2.75, 3.05) is 13.2 Å². The summed E-state index contributed by atoms with van der Waals surface area (Å²) in [5, 5.41) is 3.32. The largest absolute Gasteiger partial charge is 0.466 e. The van der Waals surface area contributed by atoms with E-state index in [1.807, 2.05) is 0 Å². The summed E-state index contributed by atoms with van der Waals surface area (Å²) in [5.41, 5.74) is 0. The molecule has 0 radical (unpaired) electrons. The van der Waals surface area contributed by atoms with Crippen LogP contribution in [-0.2, 0) is 19.1 Å². The molecule has 1 saturated carbocycles. The van der Waals surface area contributed by atoms with Crippen molar-refractivity contribution in [3.63, 3.8) is 0 Å². The van der Waals surface area contributed by atoms with Gasteiger partial charge in [-0.1, -0.05) is 19.8 Å². The molecule has 0 heterocycles. The van der Waals surface area contributed by atoms with Crippen LogP contribution in [-0.4, -0.2) is 37.2 Å². The summed E-state index contributed by atoms with van der Waals surface area (Å²) in [6.45, 7) is 6.41. The van der Waals surface area contributed by atoms with Gasteiger partial charge in [-0.05, 0) is 45.4 Å². The quantitative estimate of drug-likeness (QED) is 0.663. The van der Waals surface area contributed by atoms with E-state index < -0.39 is 6.04 Å². The van der Waals surface area contributed by atoms with Crippen molar-refractivity contribution < 1.29 is 19.1 Å². The summed E-state index contributed by atoms with van der Waals surface area (Å²) in [4.78, 5) is 23.7. The van der Waals surface area contributed by atoms with E-state index in [0.29, 0.717) is 13.2 Å². The smallest absolute Gasteiger partial charge is 0.323 e. The molecular weight excluding hydrogens is 282 g/mol. The highest BCUT2D eigenvalue weighted by Crippen LogP contribution is 2.28. The molecule has 0 bridgehead atoms.